The number of nitrogens with one attached hydrogen (secondary N) is 1. The summed E-state index contributed by atoms with van der Waals surface area (Å²) in [6.07, 6.45) is 4.17. The summed E-state index contributed by atoms with van der Waals surface area (Å²) in [5, 5.41) is 4.00. The van der Waals surface area contributed by atoms with Gasteiger partial charge in [0.15, 0.2) is 0 Å². The third-order valence-corrected chi connectivity index (χ3v) is 4.67. The number of halogens is 1. The SMILES string of the molecule is CC1CCOC1C(=O)NC1(CBr)CCC1. The van der Waals surface area contributed by atoms with E-state index in [1.807, 2.05) is 0 Å². The van der Waals surface area contributed by atoms with Crippen molar-refractivity contribution in [1.82, 2.24) is 5.32 Å². The number of rotatable bonds is 3. The lowest BCUT2D eigenvalue weighted by Gasteiger charge is -2.41. The van der Waals surface area contributed by atoms with Gasteiger partial charge >= 0.3 is 0 Å². The zero-order valence-electron chi connectivity index (χ0n) is 9.09. The number of hydrogen-bond acceptors (Lipinski definition) is 2. The Kier molecular flexibility index (Phi) is 3.36. The van der Waals surface area contributed by atoms with E-state index in [0.29, 0.717) is 5.92 Å². The number of hydrogen-bond donors (Lipinski definition) is 1. The lowest BCUT2D eigenvalue weighted by Crippen LogP contribution is -2.57. The highest BCUT2D eigenvalue weighted by molar-refractivity contribution is 9.09. The Morgan fingerprint density at radius 2 is 2.33 bits per heavy atom. The van der Waals surface area contributed by atoms with Gasteiger partial charge in [0.2, 0.25) is 5.91 Å². The van der Waals surface area contributed by atoms with E-state index in [9.17, 15) is 4.79 Å². The molecule has 1 aliphatic heterocycles. The van der Waals surface area contributed by atoms with E-state index < -0.39 is 0 Å². The van der Waals surface area contributed by atoms with Gasteiger partial charge in [0.05, 0.1) is 0 Å². The average Bonchev–Trinajstić information content (AvgIpc) is 2.58. The summed E-state index contributed by atoms with van der Waals surface area (Å²) in [4.78, 5) is 12.0. The van der Waals surface area contributed by atoms with Crippen molar-refractivity contribution in [3.05, 3.63) is 0 Å². The van der Waals surface area contributed by atoms with Crippen LogP contribution in [0, 0.1) is 5.92 Å². The lowest BCUT2D eigenvalue weighted by molar-refractivity contribution is -0.134. The van der Waals surface area contributed by atoms with Crippen molar-refractivity contribution in [2.75, 3.05) is 11.9 Å². The van der Waals surface area contributed by atoms with Crippen LogP contribution in [-0.2, 0) is 9.53 Å². The lowest BCUT2D eigenvalue weighted by atomic mass is 9.78. The first-order valence-corrected chi connectivity index (χ1v) is 6.79. The topological polar surface area (TPSA) is 38.3 Å². The molecule has 15 heavy (non-hydrogen) atoms. The fourth-order valence-electron chi connectivity index (χ4n) is 2.26. The molecule has 1 amide bonds. The number of alkyl halides is 1. The van der Waals surface area contributed by atoms with Gasteiger partial charge < -0.3 is 10.1 Å². The van der Waals surface area contributed by atoms with Crippen LogP contribution >= 0.6 is 15.9 Å². The molecular formula is C11H18BrNO2. The minimum atomic E-state index is -0.221. The van der Waals surface area contributed by atoms with Gasteiger partial charge in [-0.05, 0) is 31.6 Å². The summed E-state index contributed by atoms with van der Waals surface area (Å²) < 4.78 is 5.46. The zero-order valence-corrected chi connectivity index (χ0v) is 10.7. The van der Waals surface area contributed by atoms with Gasteiger partial charge in [0, 0.05) is 17.5 Å². The highest BCUT2D eigenvalue weighted by Crippen LogP contribution is 2.34. The summed E-state index contributed by atoms with van der Waals surface area (Å²) in [7, 11) is 0. The molecule has 2 rings (SSSR count). The first kappa shape index (κ1) is 11.4. The number of ether oxygens (including phenoxy) is 1. The first-order chi connectivity index (χ1) is 7.17. The molecule has 1 N–H and O–H groups in total. The molecule has 0 aromatic heterocycles. The molecule has 0 radical (unpaired) electrons. The molecule has 86 valence electrons. The summed E-state index contributed by atoms with van der Waals surface area (Å²) >= 11 is 3.48. The molecule has 2 aliphatic rings. The van der Waals surface area contributed by atoms with Crippen molar-refractivity contribution in [2.45, 2.75) is 44.2 Å². The minimum absolute atomic E-state index is 0.0166. The van der Waals surface area contributed by atoms with Crippen LogP contribution in [0.3, 0.4) is 0 Å². The maximum Gasteiger partial charge on any atom is 0.249 e. The van der Waals surface area contributed by atoms with Gasteiger partial charge in [-0.15, -0.1) is 0 Å². The molecule has 0 aromatic carbocycles. The maximum atomic E-state index is 12.0. The van der Waals surface area contributed by atoms with Crippen LogP contribution in [0.5, 0.6) is 0 Å². The quantitative estimate of drug-likeness (QED) is 0.799. The third-order valence-electron chi connectivity index (χ3n) is 3.60. The van der Waals surface area contributed by atoms with Crippen molar-refractivity contribution in [3.63, 3.8) is 0 Å². The second-order valence-electron chi connectivity index (χ2n) is 4.81. The van der Waals surface area contributed by atoms with Crippen molar-refractivity contribution in [1.29, 1.82) is 0 Å². The van der Waals surface area contributed by atoms with Crippen LogP contribution in [0.4, 0.5) is 0 Å². The van der Waals surface area contributed by atoms with E-state index in [2.05, 4.69) is 28.2 Å². The molecule has 3 nitrogen and oxygen atoms in total. The van der Waals surface area contributed by atoms with Crippen molar-refractivity contribution in [3.8, 4) is 0 Å². The molecule has 0 spiro atoms. The van der Waals surface area contributed by atoms with Gasteiger partial charge in [-0.2, -0.15) is 0 Å². The second kappa shape index (κ2) is 4.42. The van der Waals surface area contributed by atoms with Gasteiger partial charge in [-0.1, -0.05) is 22.9 Å². The Bertz CT molecular complexity index is 247. The summed E-state index contributed by atoms with van der Waals surface area (Å²) in [5.41, 5.74) is 0.0166. The highest BCUT2D eigenvalue weighted by Gasteiger charge is 2.40. The van der Waals surface area contributed by atoms with Crippen molar-refractivity contribution < 1.29 is 9.53 Å². The minimum Gasteiger partial charge on any atom is -0.368 e. The van der Waals surface area contributed by atoms with Gasteiger partial charge in [-0.3, -0.25) is 4.79 Å². The molecule has 0 bridgehead atoms. The molecule has 0 aromatic rings. The third kappa shape index (κ3) is 2.21. The van der Waals surface area contributed by atoms with E-state index in [-0.39, 0.29) is 17.6 Å². The standard InChI is InChI=1S/C11H18BrNO2/c1-8-3-6-15-9(8)10(14)13-11(7-12)4-2-5-11/h8-9H,2-7H2,1H3,(H,13,14). The smallest absolute Gasteiger partial charge is 0.249 e. The predicted molar refractivity (Wildman–Crippen MR) is 62.0 cm³/mol. The molecule has 2 atom stereocenters. The van der Waals surface area contributed by atoms with E-state index in [4.69, 9.17) is 4.74 Å². The van der Waals surface area contributed by atoms with Crippen LogP contribution in [0.15, 0.2) is 0 Å². The van der Waals surface area contributed by atoms with Gasteiger partial charge in [0.25, 0.3) is 0 Å². The van der Waals surface area contributed by atoms with E-state index in [1.54, 1.807) is 0 Å². The van der Waals surface area contributed by atoms with E-state index >= 15 is 0 Å². The monoisotopic (exact) mass is 275 g/mol. The molecular weight excluding hydrogens is 258 g/mol. The van der Waals surface area contributed by atoms with Crippen LogP contribution in [0.25, 0.3) is 0 Å². The Hall–Kier alpha value is -0.0900. The molecule has 1 saturated heterocycles. The number of amides is 1. The van der Waals surface area contributed by atoms with Gasteiger partial charge in [0.1, 0.15) is 6.10 Å². The molecule has 4 heteroatoms. The van der Waals surface area contributed by atoms with Crippen LogP contribution in [0.1, 0.15) is 32.6 Å². The Morgan fingerprint density at radius 1 is 1.60 bits per heavy atom. The molecule has 2 unspecified atom stereocenters. The maximum absolute atomic E-state index is 12.0. The second-order valence-corrected chi connectivity index (χ2v) is 5.37. The molecule has 2 fully saturated rings. The Morgan fingerprint density at radius 3 is 2.73 bits per heavy atom. The molecule has 1 saturated carbocycles. The highest BCUT2D eigenvalue weighted by atomic mass is 79.9. The summed E-state index contributed by atoms with van der Waals surface area (Å²) in [6.45, 7) is 2.80. The number of carbonyl (C=O) groups is 1. The Balaban J connectivity index is 1.91. The van der Waals surface area contributed by atoms with E-state index in [1.165, 1.54) is 6.42 Å². The van der Waals surface area contributed by atoms with Crippen LogP contribution in [0.2, 0.25) is 0 Å². The Labute approximate surface area is 99.1 Å². The predicted octanol–water partition coefficient (Wildman–Crippen LogP) is 1.85. The van der Waals surface area contributed by atoms with Crippen LogP contribution < -0.4 is 5.32 Å². The van der Waals surface area contributed by atoms with Crippen molar-refractivity contribution in [2.24, 2.45) is 5.92 Å². The first-order valence-electron chi connectivity index (χ1n) is 5.66. The largest absolute Gasteiger partial charge is 0.368 e. The average molecular weight is 276 g/mol. The normalized spacial score (nSPS) is 33.5. The summed E-state index contributed by atoms with van der Waals surface area (Å²) in [5.74, 6) is 0.441. The van der Waals surface area contributed by atoms with Crippen molar-refractivity contribution >= 4 is 21.8 Å². The fraction of sp³-hybridized carbons (Fsp3) is 0.909. The summed E-state index contributed by atoms with van der Waals surface area (Å²) in [6, 6.07) is 0. The number of carbonyl (C=O) groups excluding carboxylic acids is 1. The molecule has 1 heterocycles. The van der Waals surface area contributed by atoms with Crippen LogP contribution in [-0.4, -0.2) is 29.5 Å². The molecule has 1 aliphatic carbocycles. The van der Waals surface area contributed by atoms with Gasteiger partial charge in [-0.25, -0.2) is 0 Å². The fourth-order valence-corrected chi connectivity index (χ4v) is 2.96. The van der Waals surface area contributed by atoms with E-state index in [0.717, 1.165) is 31.2 Å². The zero-order chi connectivity index (χ0) is 10.9.